The number of benzene rings is 1. The first kappa shape index (κ1) is 18.8. The highest BCUT2D eigenvalue weighted by Crippen LogP contribution is 2.38. The first-order valence-electron chi connectivity index (χ1n) is 10.6. The number of piperazine rings is 1. The van der Waals surface area contributed by atoms with E-state index in [-0.39, 0.29) is 5.91 Å². The number of amides is 1. The summed E-state index contributed by atoms with van der Waals surface area (Å²) < 4.78 is 11.3. The lowest BCUT2D eigenvalue weighted by atomic mass is 10.0. The summed E-state index contributed by atoms with van der Waals surface area (Å²) in [4.78, 5) is 26.7. The van der Waals surface area contributed by atoms with Crippen LogP contribution in [0.5, 0.6) is 5.88 Å². The normalized spacial score (nSPS) is 25.1. The molecule has 154 valence electrons. The minimum Gasteiger partial charge on any atom is -0.480 e. The fraction of sp³-hybridized carbons (Fsp3) is 0.591. The van der Waals surface area contributed by atoms with Crippen LogP contribution >= 0.6 is 0 Å². The molecule has 29 heavy (non-hydrogen) atoms. The SMILES string of the molecule is COc1nc2ccccc2nc1CCC(=O)N1CCN2[C@@H](COC[C@@H]2C2CC2)C1. The van der Waals surface area contributed by atoms with E-state index in [1.165, 1.54) is 12.8 Å². The van der Waals surface area contributed by atoms with Crippen LogP contribution in [0.3, 0.4) is 0 Å². The van der Waals surface area contributed by atoms with Crippen molar-refractivity contribution in [1.82, 2.24) is 19.8 Å². The van der Waals surface area contributed by atoms with Gasteiger partial charge in [-0.3, -0.25) is 9.69 Å². The van der Waals surface area contributed by atoms with Gasteiger partial charge in [0.1, 0.15) is 5.69 Å². The monoisotopic (exact) mass is 396 g/mol. The molecule has 0 unspecified atom stereocenters. The third-order valence-electron chi connectivity index (χ3n) is 6.45. The number of rotatable bonds is 5. The number of ether oxygens (including phenoxy) is 2. The molecule has 1 saturated carbocycles. The number of fused-ring (bicyclic) bond motifs is 2. The largest absolute Gasteiger partial charge is 0.480 e. The van der Waals surface area contributed by atoms with Crippen LogP contribution in [0.4, 0.5) is 0 Å². The predicted octanol–water partition coefficient (Wildman–Crippen LogP) is 1.89. The number of nitrogens with zero attached hydrogens (tertiary/aromatic N) is 4. The van der Waals surface area contributed by atoms with Crippen molar-refractivity contribution in [2.45, 2.75) is 37.8 Å². The Labute approximate surface area is 171 Å². The van der Waals surface area contributed by atoms with Crippen molar-refractivity contribution in [3.05, 3.63) is 30.0 Å². The highest BCUT2D eigenvalue weighted by atomic mass is 16.5. The van der Waals surface area contributed by atoms with Gasteiger partial charge in [0.25, 0.3) is 0 Å². The van der Waals surface area contributed by atoms with E-state index in [0.717, 1.165) is 55.5 Å². The second-order valence-corrected chi connectivity index (χ2v) is 8.34. The minimum atomic E-state index is 0.176. The van der Waals surface area contributed by atoms with Gasteiger partial charge in [0.15, 0.2) is 0 Å². The third-order valence-corrected chi connectivity index (χ3v) is 6.45. The van der Waals surface area contributed by atoms with E-state index in [1.807, 2.05) is 29.2 Å². The van der Waals surface area contributed by atoms with Gasteiger partial charge in [-0.15, -0.1) is 0 Å². The first-order chi connectivity index (χ1) is 14.2. The Balaban J connectivity index is 1.23. The Morgan fingerprint density at radius 3 is 2.72 bits per heavy atom. The maximum atomic E-state index is 12.9. The summed E-state index contributed by atoms with van der Waals surface area (Å²) in [7, 11) is 1.60. The number of morpholine rings is 1. The van der Waals surface area contributed by atoms with Crippen LogP contribution in [-0.2, 0) is 16.0 Å². The van der Waals surface area contributed by atoms with Crippen molar-refractivity contribution in [2.75, 3.05) is 40.0 Å². The Bertz CT molecular complexity index is 901. The molecule has 0 spiro atoms. The van der Waals surface area contributed by atoms with Gasteiger partial charge in [0, 0.05) is 38.5 Å². The van der Waals surface area contributed by atoms with Gasteiger partial charge in [-0.2, -0.15) is 0 Å². The number of carbonyl (C=O) groups excluding carboxylic acids is 1. The fourth-order valence-electron chi connectivity index (χ4n) is 4.72. The van der Waals surface area contributed by atoms with Crippen LogP contribution < -0.4 is 4.74 Å². The maximum absolute atomic E-state index is 12.9. The van der Waals surface area contributed by atoms with Crippen LogP contribution in [0.15, 0.2) is 24.3 Å². The highest BCUT2D eigenvalue weighted by molar-refractivity contribution is 5.77. The molecule has 5 rings (SSSR count). The summed E-state index contributed by atoms with van der Waals surface area (Å²) in [5.41, 5.74) is 2.38. The van der Waals surface area contributed by atoms with Gasteiger partial charge in [0.05, 0.1) is 37.4 Å². The Kier molecular flexibility index (Phi) is 5.09. The summed E-state index contributed by atoms with van der Waals surface area (Å²) in [5.74, 6) is 1.49. The zero-order valence-corrected chi connectivity index (χ0v) is 16.9. The summed E-state index contributed by atoms with van der Waals surface area (Å²) >= 11 is 0. The lowest BCUT2D eigenvalue weighted by Crippen LogP contribution is -2.63. The molecule has 2 aliphatic heterocycles. The molecule has 2 aromatic rings. The molecule has 0 bridgehead atoms. The van der Waals surface area contributed by atoms with Crippen LogP contribution in [0.25, 0.3) is 11.0 Å². The topological polar surface area (TPSA) is 67.8 Å². The summed E-state index contributed by atoms with van der Waals surface area (Å²) in [6.07, 6.45) is 3.61. The number of aryl methyl sites for hydroxylation is 1. The molecule has 3 aliphatic rings. The maximum Gasteiger partial charge on any atom is 0.235 e. The van der Waals surface area contributed by atoms with Gasteiger partial charge in [-0.1, -0.05) is 12.1 Å². The average Bonchev–Trinajstić information content (AvgIpc) is 3.61. The van der Waals surface area contributed by atoms with Crippen LogP contribution in [-0.4, -0.2) is 77.7 Å². The van der Waals surface area contributed by atoms with E-state index < -0.39 is 0 Å². The molecule has 1 amide bonds. The Morgan fingerprint density at radius 2 is 1.97 bits per heavy atom. The number of aromatic nitrogens is 2. The van der Waals surface area contributed by atoms with Crippen molar-refractivity contribution in [3.63, 3.8) is 0 Å². The molecular weight excluding hydrogens is 368 g/mol. The van der Waals surface area contributed by atoms with Crippen LogP contribution in [0.1, 0.15) is 25.0 Å². The quantitative estimate of drug-likeness (QED) is 0.769. The van der Waals surface area contributed by atoms with Crippen LogP contribution in [0, 0.1) is 5.92 Å². The van der Waals surface area contributed by atoms with Gasteiger partial charge in [-0.25, -0.2) is 9.97 Å². The molecule has 0 N–H and O–H groups in total. The lowest BCUT2D eigenvalue weighted by Gasteiger charge is -2.48. The lowest BCUT2D eigenvalue weighted by molar-refractivity contribution is -0.140. The molecule has 1 aromatic heterocycles. The van der Waals surface area contributed by atoms with Crippen molar-refractivity contribution >= 4 is 16.9 Å². The van der Waals surface area contributed by atoms with E-state index in [2.05, 4.69) is 14.9 Å². The molecule has 1 aliphatic carbocycles. The van der Waals surface area contributed by atoms with Crippen LogP contribution in [0.2, 0.25) is 0 Å². The summed E-state index contributed by atoms with van der Waals surface area (Å²) in [6, 6.07) is 8.62. The molecule has 0 radical (unpaired) electrons. The van der Waals surface area contributed by atoms with E-state index in [9.17, 15) is 4.79 Å². The Morgan fingerprint density at radius 1 is 1.17 bits per heavy atom. The first-order valence-corrected chi connectivity index (χ1v) is 10.6. The third kappa shape index (κ3) is 3.81. The number of carbonyl (C=O) groups is 1. The average molecular weight is 396 g/mol. The number of methoxy groups -OCH3 is 1. The van der Waals surface area contributed by atoms with E-state index in [1.54, 1.807) is 7.11 Å². The highest BCUT2D eigenvalue weighted by Gasteiger charge is 2.43. The smallest absolute Gasteiger partial charge is 0.235 e. The standard InChI is InChI=1S/C22H28N4O3/c1-28-22-19(23-17-4-2-3-5-18(17)24-22)8-9-21(27)25-10-11-26-16(12-25)13-29-14-20(26)15-6-7-15/h2-5,15-16,20H,6-14H2,1H3/t16-,20-/m1/s1. The Hall–Kier alpha value is -2.25. The molecule has 2 saturated heterocycles. The van der Waals surface area contributed by atoms with Crippen molar-refractivity contribution in [3.8, 4) is 5.88 Å². The molecular formula is C22H28N4O3. The van der Waals surface area contributed by atoms with Gasteiger partial charge in [0.2, 0.25) is 11.8 Å². The van der Waals surface area contributed by atoms with E-state index >= 15 is 0 Å². The predicted molar refractivity (Wildman–Crippen MR) is 109 cm³/mol. The van der Waals surface area contributed by atoms with Crippen molar-refractivity contribution < 1.29 is 14.3 Å². The van der Waals surface area contributed by atoms with Gasteiger partial charge >= 0.3 is 0 Å². The zero-order valence-electron chi connectivity index (χ0n) is 16.9. The molecule has 3 fully saturated rings. The number of para-hydroxylation sites is 2. The van der Waals surface area contributed by atoms with E-state index in [0.29, 0.717) is 30.8 Å². The summed E-state index contributed by atoms with van der Waals surface area (Å²) in [6.45, 7) is 4.12. The van der Waals surface area contributed by atoms with Crippen molar-refractivity contribution in [2.24, 2.45) is 5.92 Å². The van der Waals surface area contributed by atoms with Crippen molar-refractivity contribution in [1.29, 1.82) is 0 Å². The molecule has 1 aromatic carbocycles. The molecule has 3 heterocycles. The number of hydrogen-bond acceptors (Lipinski definition) is 6. The second kappa shape index (κ2) is 7.88. The second-order valence-electron chi connectivity index (χ2n) is 8.34. The molecule has 2 atom stereocenters. The zero-order chi connectivity index (χ0) is 19.8. The van der Waals surface area contributed by atoms with Gasteiger partial charge < -0.3 is 14.4 Å². The fourth-order valence-corrected chi connectivity index (χ4v) is 4.72. The molecule has 7 nitrogen and oxygen atoms in total. The molecule has 7 heteroatoms. The number of hydrogen-bond donors (Lipinski definition) is 0. The summed E-state index contributed by atoms with van der Waals surface area (Å²) in [5, 5.41) is 0. The van der Waals surface area contributed by atoms with E-state index in [4.69, 9.17) is 9.47 Å². The minimum absolute atomic E-state index is 0.176. The van der Waals surface area contributed by atoms with Gasteiger partial charge in [-0.05, 0) is 30.9 Å².